The molecule has 4 heteroatoms. The average Bonchev–Trinajstić information content (AvgIpc) is 2.87. The van der Waals surface area contributed by atoms with Gasteiger partial charge < -0.3 is 14.5 Å². The third-order valence-electron chi connectivity index (χ3n) is 2.71. The molecule has 0 bridgehead atoms. The van der Waals surface area contributed by atoms with Crippen LogP contribution in [0.5, 0.6) is 5.75 Å². The molecule has 0 radical (unpaired) electrons. The van der Waals surface area contributed by atoms with E-state index in [1.165, 1.54) is 0 Å². The average molecular weight is 310 g/mol. The van der Waals surface area contributed by atoms with E-state index < -0.39 is 0 Å². The summed E-state index contributed by atoms with van der Waals surface area (Å²) in [6, 6.07) is 9.96. The summed E-state index contributed by atoms with van der Waals surface area (Å²) in [6.07, 6.45) is 1.68. The molecule has 1 atom stereocenters. The van der Waals surface area contributed by atoms with E-state index in [1.807, 2.05) is 38.2 Å². The van der Waals surface area contributed by atoms with Crippen molar-refractivity contribution in [2.45, 2.75) is 13.0 Å². The van der Waals surface area contributed by atoms with Crippen LogP contribution in [-0.4, -0.2) is 13.7 Å². The second-order valence-corrected chi connectivity index (χ2v) is 4.71. The molecule has 0 aliphatic rings. The van der Waals surface area contributed by atoms with Crippen molar-refractivity contribution in [1.29, 1.82) is 0 Å². The van der Waals surface area contributed by atoms with Crippen LogP contribution < -0.4 is 10.1 Å². The Morgan fingerprint density at radius 2 is 2.22 bits per heavy atom. The van der Waals surface area contributed by atoms with E-state index >= 15 is 0 Å². The zero-order chi connectivity index (χ0) is 13.0. The summed E-state index contributed by atoms with van der Waals surface area (Å²) in [5.41, 5.74) is 1.13. The van der Waals surface area contributed by atoms with E-state index in [0.29, 0.717) is 6.61 Å². The topological polar surface area (TPSA) is 34.4 Å². The monoisotopic (exact) mass is 309 g/mol. The van der Waals surface area contributed by atoms with Crippen LogP contribution in [0.15, 0.2) is 45.5 Å². The molecule has 2 aromatic rings. The quantitative estimate of drug-likeness (QED) is 0.913. The lowest BCUT2D eigenvalue weighted by Crippen LogP contribution is -2.17. The van der Waals surface area contributed by atoms with Crippen molar-refractivity contribution in [3.63, 3.8) is 0 Å². The Kier molecular flexibility index (Phi) is 4.44. The van der Waals surface area contributed by atoms with Crippen molar-refractivity contribution in [3.05, 3.63) is 52.4 Å². The highest BCUT2D eigenvalue weighted by Crippen LogP contribution is 2.30. The minimum absolute atomic E-state index is 0.0481. The van der Waals surface area contributed by atoms with Gasteiger partial charge in [0.1, 0.15) is 11.5 Å². The fourth-order valence-electron chi connectivity index (χ4n) is 1.90. The summed E-state index contributed by atoms with van der Waals surface area (Å²) >= 11 is 3.53. The Balaban J connectivity index is 2.30. The number of nitrogens with one attached hydrogen (secondary N) is 1. The highest BCUT2D eigenvalue weighted by atomic mass is 79.9. The minimum atomic E-state index is 0.0481. The fraction of sp³-hybridized carbons (Fsp3) is 0.286. The predicted octanol–water partition coefficient (Wildman–Crippen LogP) is 3.75. The Bertz CT molecular complexity index is 497. The molecular weight excluding hydrogens is 294 g/mol. The van der Waals surface area contributed by atoms with Crippen molar-refractivity contribution in [3.8, 4) is 5.75 Å². The van der Waals surface area contributed by atoms with Gasteiger partial charge in [0.2, 0.25) is 0 Å². The van der Waals surface area contributed by atoms with Gasteiger partial charge in [0, 0.05) is 0 Å². The van der Waals surface area contributed by atoms with Gasteiger partial charge in [-0.05, 0) is 59.7 Å². The number of hydrogen-bond acceptors (Lipinski definition) is 3. The second kappa shape index (κ2) is 6.07. The van der Waals surface area contributed by atoms with E-state index in [9.17, 15) is 0 Å². The summed E-state index contributed by atoms with van der Waals surface area (Å²) in [4.78, 5) is 0. The Hall–Kier alpha value is -1.26. The van der Waals surface area contributed by atoms with Crippen LogP contribution in [-0.2, 0) is 0 Å². The summed E-state index contributed by atoms with van der Waals surface area (Å²) in [6.45, 7) is 2.63. The molecule has 1 N–H and O–H groups in total. The van der Waals surface area contributed by atoms with Gasteiger partial charge in [-0.1, -0.05) is 6.07 Å². The van der Waals surface area contributed by atoms with E-state index in [1.54, 1.807) is 6.26 Å². The lowest BCUT2D eigenvalue weighted by atomic mass is 10.0. The van der Waals surface area contributed by atoms with Gasteiger partial charge in [0.15, 0.2) is 0 Å². The van der Waals surface area contributed by atoms with E-state index in [0.717, 1.165) is 21.5 Å². The molecule has 0 saturated carbocycles. The minimum Gasteiger partial charge on any atom is -0.493 e. The molecule has 0 aliphatic heterocycles. The van der Waals surface area contributed by atoms with Crippen LogP contribution in [0, 0.1) is 0 Å². The standard InChI is InChI=1S/C14H16BrNO2/c1-3-17-12-7-6-10(9-11(12)15)14(16-2)13-5-4-8-18-13/h4-9,14,16H,3H2,1-2H3. The highest BCUT2D eigenvalue weighted by molar-refractivity contribution is 9.10. The Morgan fingerprint density at radius 1 is 1.39 bits per heavy atom. The number of furan rings is 1. The Labute approximate surface area is 115 Å². The third-order valence-corrected chi connectivity index (χ3v) is 3.33. The van der Waals surface area contributed by atoms with Crippen molar-refractivity contribution < 1.29 is 9.15 Å². The first-order valence-corrected chi connectivity index (χ1v) is 6.68. The smallest absolute Gasteiger partial charge is 0.133 e. The molecule has 1 aromatic heterocycles. The van der Waals surface area contributed by atoms with E-state index in [4.69, 9.17) is 9.15 Å². The second-order valence-electron chi connectivity index (χ2n) is 3.86. The normalized spacial score (nSPS) is 12.4. The Morgan fingerprint density at radius 3 is 2.78 bits per heavy atom. The molecule has 0 aliphatic carbocycles. The van der Waals surface area contributed by atoms with Crippen molar-refractivity contribution in [2.75, 3.05) is 13.7 Å². The maximum absolute atomic E-state index is 5.50. The van der Waals surface area contributed by atoms with Crippen LogP contribution in [0.3, 0.4) is 0 Å². The first-order chi connectivity index (χ1) is 8.76. The predicted molar refractivity (Wildman–Crippen MR) is 74.9 cm³/mol. The van der Waals surface area contributed by atoms with Gasteiger partial charge in [-0.3, -0.25) is 0 Å². The van der Waals surface area contributed by atoms with Gasteiger partial charge in [0.05, 0.1) is 23.4 Å². The van der Waals surface area contributed by atoms with Crippen LogP contribution in [0.2, 0.25) is 0 Å². The number of ether oxygens (including phenoxy) is 1. The summed E-state index contributed by atoms with van der Waals surface area (Å²) < 4.78 is 11.9. The van der Waals surface area contributed by atoms with Crippen molar-refractivity contribution >= 4 is 15.9 Å². The van der Waals surface area contributed by atoms with Gasteiger partial charge in [-0.15, -0.1) is 0 Å². The molecule has 0 fully saturated rings. The first-order valence-electron chi connectivity index (χ1n) is 5.89. The lowest BCUT2D eigenvalue weighted by molar-refractivity contribution is 0.338. The molecule has 96 valence electrons. The summed E-state index contributed by atoms with van der Waals surface area (Å²) in [5, 5.41) is 3.24. The molecule has 2 rings (SSSR count). The SMILES string of the molecule is CCOc1ccc(C(NC)c2ccco2)cc1Br. The summed E-state index contributed by atoms with van der Waals surface area (Å²) in [5.74, 6) is 1.75. The van der Waals surface area contributed by atoms with Crippen molar-refractivity contribution in [1.82, 2.24) is 5.32 Å². The van der Waals surface area contributed by atoms with Crippen LogP contribution in [0.25, 0.3) is 0 Å². The number of benzene rings is 1. The van der Waals surface area contributed by atoms with Gasteiger partial charge in [-0.2, -0.15) is 0 Å². The van der Waals surface area contributed by atoms with Crippen LogP contribution in [0.1, 0.15) is 24.3 Å². The van der Waals surface area contributed by atoms with Crippen LogP contribution >= 0.6 is 15.9 Å². The number of halogens is 1. The summed E-state index contributed by atoms with van der Waals surface area (Å²) in [7, 11) is 1.91. The molecule has 0 amide bonds. The fourth-order valence-corrected chi connectivity index (χ4v) is 2.41. The number of hydrogen-bond donors (Lipinski definition) is 1. The molecule has 3 nitrogen and oxygen atoms in total. The zero-order valence-corrected chi connectivity index (χ0v) is 12.0. The van der Waals surface area contributed by atoms with Gasteiger partial charge in [-0.25, -0.2) is 0 Å². The number of rotatable bonds is 5. The lowest BCUT2D eigenvalue weighted by Gasteiger charge is -2.15. The zero-order valence-electron chi connectivity index (χ0n) is 10.4. The van der Waals surface area contributed by atoms with Gasteiger partial charge >= 0.3 is 0 Å². The largest absolute Gasteiger partial charge is 0.493 e. The third kappa shape index (κ3) is 2.76. The highest BCUT2D eigenvalue weighted by Gasteiger charge is 2.15. The van der Waals surface area contributed by atoms with Crippen molar-refractivity contribution in [2.24, 2.45) is 0 Å². The molecule has 0 spiro atoms. The van der Waals surface area contributed by atoms with E-state index in [-0.39, 0.29) is 6.04 Å². The molecule has 0 saturated heterocycles. The molecule has 1 aromatic carbocycles. The van der Waals surface area contributed by atoms with E-state index in [2.05, 4.69) is 27.3 Å². The first kappa shape index (κ1) is 13.2. The van der Waals surface area contributed by atoms with Crippen LogP contribution in [0.4, 0.5) is 0 Å². The maximum atomic E-state index is 5.50. The van der Waals surface area contributed by atoms with Gasteiger partial charge in [0.25, 0.3) is 0 Å². The molecule has 1 heterocycles. The molecule has 18 heavy (non-hydrogen) atoms. The maximum Gasteiger partial charge on any atom is 0.133 e. The molecular formula is C14H16BrNO2. The molecule has 1 unspecified atom stereocenters.